The van der Waals surface area contributed by atoms with Crippen LogP contribution >= 0.6 is 0 Å². The predicted molar refractivity (Wildman–Crippen MR) is 67.5 cm³/mol. The fourth-order valence-electron chi connectivity index (χ4n) is 1.65. The molecule has 0 aliphatic rings. The lowest BCUT2D eigenvalue weighted by Gasteiger charge is -2.29. The van der Waals surface area contributed by atoms with Gasteiger partial charge in [0.15, 0.2) is 0 Å². The molecule has 1 aromatic rings. The summed E-state index contributed by atoms with van der Waals surface area (Å²) in [5, 5.41) is 16.0. The van der Waals surface area contributed by atoms with Crippen LogP contribution in [-0.2, 0) is 11.3 Å². The van der Waals surface area contributed by atoms with E-state index in [1.165, 1.54) is 11.0 Å². The van der Waals surface area contributed by atoms with Crippen LogP contribution in [0.15, 0.2) is 6.33 Å². The summed E-state index contributed by atoms with van der Waals surface area (Å²) >= 11 is 0. The van der Waals surface area contributed by atoms with Gasteiger partial charge in [0.2, 0.25) is 11.9 Å². The van der Waals surface area contributed by atoms with E-state index >= 15 is 0 Å². The van der Waals surface area contributed by atoms with Crippen molar-refractivity contribution >= 4 is 11.9 Å². The third kappa shape index (κ3) is 3.69. The zero-order valence-electron chi connectivity index (χ0n) is 10.9. The Morgan fingerprint density at radius 3 is 2.67 bits per heavy atom. The van der Waals surface area contributed by atoms with Crippen LogP contribution in [0.25, 0.3) is 0 Å². The zero-order chi connectivity index (χ0) is 13.6. The molecule has 0 bridgehead atoms. The molecule has 0 saturated heterocycles. The van der Waals surface area contributed by atoms with Crippen molar-refractivity contribution in [3.8, 4) is 0 Å². The van der Waals surface area contributed by atoms with Gasteiger partial charge in [0.25, 0.3) is 0 Å². The third-order valence-corrected chi connectivity index (χ3v) is 3.36. The molecular weight excluding hydrogens is 234 g/mol. The number of nitrogen functional groups attached to an aromatic ring is 1. The topological polar surface area (TPSA) is 106 Å². The summed E-state index contributed by atoms with van der Waals surface area (Å²) in [7, 11) is 0. The number of hydrogen-bond donors (Lipinski definition) is 3. The Hall–Kier alpha value is -1.63. The van der Waals surface area contributed by atoms with Crippen LogP contribution in [0.2, 0.25) is 0 Å². The van der Waals surface area contributed by atoms with Crippen molar-refractivity contribution in [3.63, 3.8) is 0 Å². The Balaban J connectivity index is 2.45. The number of carbonyl (C=O) groups excluding carboxylic acids is 1. The van der Waals surface area contributed by atoms with Gasteiger partial charge in [-0.2, -0.15) is 0 Å². The van der Waals surface area contributed by atoms with Crippen molar-refractivity contribution in [2.75, 3.05) is 18.9 Å². The molecule has 0 aliphatic heterocycles. The Bertz CT molecular complexity index is 378. The van der Waals surface area contributed by atoms with E-state index < -0.39 is 0 Å². The monoisotopic (exact) mass is 255 g/mol. The van der Waals surface area contributed by atoms with E-state index in [9.17, 15) is 9.90 Å². The Morgan fingerprint density at radius 2 is 2.22 bits per heavy atom. The van der Waals surface area contributed by atoms with Gasteiger partial charge in [-0.1, -0.05) is 13.8 Å². The number of amides is 1. The largest absolute Gasteiger partial charge is 0.396 e. The normalized spacial score (nSPS) is 11.5. The van der Waals surface area contributed by atoms with Gasteiger partial charge >= 0.3 is 0 Å². The zero-order valence-corrected chi connectivity index (χ0v) is 10.9. The van der Waals surface area contributed by atoms with Gasteiger partial charge in [0.05, 0.1) is 6.61 Å². The van der Waals surface area contributed by atoms with Crippen molar-refractivity contribution in [2.45, 2.75) is 33.2 Å². The van der Waals surface area contributed by atoms with Gasteiger partial charge in [0.1, 0.15) is 12.9 Å². The molecule has 1 rings (SSSR count). The first-order chi connectivity index (χ1) is 8.55. The molecule has 1 amide bonds. The number of nitrogens with zero attached hydrogens (tertiary/aromatic N) is 3. The summed E-state index contributed by atoms with van der Waals surface area (Å²) < 4.78 is 1.38. The van der Waals surface area contributed by atoms with Crippen molar-refractivity contribution in [1.82, 2.24) is 20.1 Å². The van der Waals surface area contributed by atoms with Crippen LogP contribution in [0.3, 0.4) is 0 Å². The maximum absolute atomic E-state index is 11.7. The van der Waals surface area contributed by atoms with E-state index in [1.807, 2.05) is 13.8 Å². The van der Waals surface area contributed by atoms with Crippen molar-refractivity contribution in [3.05, 3.63) is 6.33 Å². The van der Waals surface area contributed by atoms with Gasteiger partial charge in [-0.05, 0) is 12.8 Å². The van der Waals surface area contributed by atoms with Crippen molar-refractivity contribution in [1.29, 1.82) is 0 Å². The lowest BCUT2D eigenvalue weighted by atomic mass is 9.83. The number of hydrogen-bond acceptors (Lipinski definition) is 5. The quantitative estimate of drug-likeness (QED) is 0.624. The molecule has 0 unspecified atom stereocenters. The number of aromatic nitrogens is 3. The van der Waals surface area contributed by atoms with Gasteiger partial charge in [-0.3, -0.25) is 4.79 Å². The first-order valence-corrected chi connectivity index (χ1v) is 6.07. The highest BCUT2D eigenvalue weighted by atomic mass is 16.3. The SMILES string of the molecule is CCC(CC)(CO)CNC(=O)Cn1cnc(N)n1. The molecule has 7 heteroatoms. The molecule has 0 radical (unpaired) electrons. The Kier molecular flexibility index (Phi) is 5.08. The highest BCUT2D eigenvalue weighted by molar-refractivity contribution is 5.75. The molecule has 102 valence electrons. The Labute approximate surface area is 106 Å². The average Bonchev–Trinajstić information content (AvgIpc) is 2.77. The van der Waals surface area contributed by atoms with Crippen LogP contribution in [0, 0.1) is 5.41 Å². The number of nitrogens with one attached hydrogen (secondary N) is 1. The molecule has 0 saturated carbocycles. The molecule has 0 fully saturated rings. The lowest BCUT2D eigenvalue weighted by Crippen LogP contribution is -2.40. The molecule has 1 aromatic heterocycles. The van der Waals surface area contributed by atoms with Gasteiger partial charge < -0.3 is 16.2 Å². The highest BCUT2D eigenvalue weighted by Crippen LogP contribution is 2.24. The number of rotatable bonds is 7. The molecule has 1 heterocycles. The minimum absolute atomic E-state index is 0.0660. The summed E-state index contributed by atoms with van der Waals surface area (Å²) in [6.45, 7) is 4.61. The smallest absolute Gasteiger partial charge is 0.241 e. The number of carbonyl (C=O) groups is 1. The first kappa shape index (κ1) is 14.4. The maximum atomic E-state index is 11.7. The Morgan fingerprint density at radius 1 is 1.56 bits per heavy atom. The van der Waals surface area contributed by atoms with Gasteiger partial charge in [0, 0.05) is 12.0 Å². The fourth-order valence-corrected chi connectivity index (χ4v) is 1.65. The first-order valence-electron chi connectivity index (χ1n) is 6.07. The van der Waals surface area contributed by atoms with E-state index in [2.05, 4.69) is 15.4 Å². The molecule has 4 N–H and O–H groups in total. The van der Waals surface area contributed by atoms with E-state index in [0.717, 1.165) is 12.8 Å². The second-order valence-corrected chi connectivity index (χ2v) is 4.44. The van der Waals surface area contributed by atoms with Crippen molar-refractivity contribution in [2.24, 2.45) is 5.41 Å². The number of aliphatic hydroxyl groups is 1. The summed E-state index contributed by atoms with van der Waals surface area (Å²) in [5.41, 5.74) is 5.12. The molecule has 7 nitrogen and oxygen atoms in total. The molecule has 0 atom stereocenters. The third-order valence-electron chi connectivity index (χ3n) is 3.36. The van der Waals surface area contributed by atoms with E-state index in [0.29, 0.717) is 6.54 Å². The minimum Gasteiger partial charge on any atom is -0.396 e. The molecule has 0 aromatic carbocycles. The molecule has 18 heavy (non-hydrogen) atoms. The standard InChI is InChI=1S/C11H21N5O2/c1-3-11(4-2,7-17)6-13-9(18)5-16-8-14-10(12)15-16/h8,17H,3-7H2,1-2H3,(H2,12,15)(H,13,18). The maximum Gasteiger partial charge on any atom is 0.241 e. The number of aliphatic hydroxyl groups excluding tert-OH is 1. The second-order valence-electron chi connectivity index (χ2n) is 4.44. The summed E-state index contributed by atoms with van der Waals surface area (Å²) in [6, 6.07) is 0. The summed E-state index contributed by atoms with van der Waals surface area (Å²) in [6.07, 6.45) is 3.04. The number of nitrogens with two attached hydrogens (primary N) is 1. The molecular formula is C11H21N5O2. The van der Waals surface area contributed by atoms with Crippen LogP contribution in [0.4, 0.5) is 5.95 Å². The van der Waals surface area contributed by atoms with E-state index in [1.54, 1.807) is 0 Å². The average molecular weight is 255 g/mol. The predicted octanol–water partition coefficient (Wildman–Crippen LogP) is -0.225. The van der Waals surface area contributed by atoms with Gasteiger partial charge in [-0.15, -0.1) is 5.10 Å². The van der Waals surface area contributed by atoms with Crippen LogP contribution in [-0.4, -0.2) is 38.9 Å². The molecule has 0 aliphatic carbocycles. The van der Waals surface area contributed by atoms with E-state index in [4.69, 9.17) is 5.73 Å². The van der Waals surface area contributed by atoms with E-state index in [-0.39, 0.29) is 30.4 Å². The van der Waals surface area contributed by atoms with Crippen molar-refractivity contribution < 1.29 is 9.90 Å². The molecule has 0 spiro atoms. The summed E-state index contributed by atoms with van der Waals surface area (Å²) in [4.78, 5) is 15.4. The highest BCUT2D eigenvalue weighted by Gasteiger charge is 2.25. The van der Waals surface area contributed by atoms with Crippen LogP contribution < -0.4 is 11.1 Å². The lowest BCUT2D eigenvalue weighted by molar-refractivity contribution is -0.122. The van der Waals surface area contributed by atoms with Crippen LogP contribution in [0.5, 0.6) is 0 Å². The summed E-state index contributed by atoms with van der Waals surface area (Å²) in [5.74, 6) is -0.0192. The fraction of sp³-hybridized carbons (Fsp3) is 0.727. The minimum atomic E-state index is -0.239. The second kappa shape index (κ2) is 6.34. The number of anilines is 1. The van der Waals surface area contributed by atoms with Crippen LogP contribution in [0.1, 0.15) is 26.7 Å². The van der Waals surface area contributed by atoms with Gasteiger partial charge in [-0.25, -0.2) is 9.67 Å².